The second-order valence-electron chi connectivity index (χ2n) is 5.94. The zero-order valence-electron chi connectivity index (χ0n) is 11.9. The summed E-state index contributed by atoms with van der Waals surface area (Å²) in [6.45, 7) is 4.30. The summed E-state index contributed by atoms with van der Waals surface area (Å²) in [7, 11) is 0. The van der Waals surface area contributed by atoms with Crippen LogP contribution in [-0.4, -0.2) is 9.97 Å². The first-order chi connectivity index (χ1) is 9.72. The largest absolute Gasteiger partial charge is 0.342 e. The Morgan fingerprint density at radius 3 is 2.55 bits per heavy atom. The van der Waals surface area contributed by atoms with E-state index in [1.54, 1.807) is 0 Å². The monoisotopic (exact) mass is 262 g/mol. The fourth-order valence-electron chi connectivity index (χ4n) is 3.03. The third-order valence-corrected chi connectivity index (χ3v) is 4.49. The topological polar surface area (TPSA) is 28.7 Å². The molecule has 1 aromatic heterocycles. The van der Waals surface area contributed by atoms with Gasteiger partial charge in [0.05, 0.1) is 11.0 Å². The lowest BCUT2D eigenvalue weighted by Gasteiger charge is -1.97. The molecule has 2 heteroatoms. The summed E-state index contributed by atoms with van der Waals surface area (Å²) < 4.78 is 0. The molecule has 3 aromatic rings. The van der Waals surface area contributed by atoms with E-state index in [0.29, 0.717) is 11.8 Å². The minimum absolute atomic E-state index is 0.561. The first-order valence-electron chi connectivity index (χ1n) is 7.24. The molecule has 0 bridgehead atoms. The number of imidazole rings is 1. The summed E-state index contributed by atoms with van der Waals surface area (Å²) in [6, 6.07) is 15.2. The molecule has 0 aliphatic heterocycles. The highest BCUT2D eigenvalue weighted by molar-refractivity contribution is 5.77. The Bertz CT molecular complexity index is 732. The Labute approximate surface area is 118 Å². The fourth-order valence-corrected chi connectivity index (χ4v) is 3.03. The molecule has 0 radical (unpaired) electrons. The standard InChI is InChI=1S/C18H18N2/c1-11-8-16-17(9-12(11)2)20-18(19-16)15-10-14(15)13-6-4-3-5-7-13/h3-9,14-15H,10H2,1-2H3,(H,19,20). The molecular weight excluding hydrogens is 244 g/mol. The third-order valence-electron chi connectivity index (χ3n) is 4.49. The Morgan fingerprint density at radius 1 is 1.00 bits per heavy atom. The van der Waals surface area contributed by atoms with Crippen LogP contribution in [0.3, 0.4) is 0 Å². The van der Waals surface area contributed by atoms with Gasteiger partial charge in [-0.15, -0.1) is 0 Å². The van der Waals surface area contributed by atoms with Crippen molar-refractivity contribution in [2.24, 2.45) is 0 Å². The van der Waals surface area contributed by atoms with Gasteiger partial charge in [0, 0.05) is 5.92 Å². The van der Waals surface area contributed by atoms with Crippen molar-refractivity contribution in [2.75, 3.05) is 0 Å². The van der Waals surface area contributed by atoms with Crippen molar-refractivity contribution in [1.82, 2.24) is 9.97 Å². The van der Waals surface area contributed by atoms with Crippen LogP contribution in [0.15, 0.2) is 42.5 Å². The molecule has 1 fully saturated rings. The summed E-state index contributed by atoms with van der Waals surface area (Å²) in [5.74, 6) is 2.35. The summed E-state index contributed by atoms with van der Waals surface area (Å²) in [5, 5.41) is 0. The lowest BCUT2D eigenvalue weighted by atomic mass is 10.1. The molecule has 1 saturated carbocycles. The number of aryl methyl sites for hydroxylation is 2. The van der Waals surface area contributed by atoms with Crippen LogP contribution in [0.4, 0.5) is 0 Å². The van der Waals surface area contributed by atoms with Crippen molar-refractivity contribution >= 4 is 11.0 Å². The quantitative estimate of drug-likeness (QED) is 0.726. The van der Waals surface area contributed by atoms with E-state index in [-0.39, 0.29) is 0 Å². The highest BCUT2D eigenvalue weighted by Gasteiger charge is 2.41. The van der Waals surface area contributed by atoms with E-state index < -0.39 is 0 Å². The third kappa shape index (κ3) is 1.83. The normalized spacial score (nSPS) is 21.3. The van der Waals surface area contributed by atoms with Gasteiger partial charge >= 0.3 is 0 Å². The lowest BCUT2D eigenvalue weighted by Crippen LogP contribution is -1.86. The van der Waals surface area contributed by atoms with Crippen LogP contribution in [0, 0.1) is 13.8 Å². The summed E-state index contributed by atoms with van der Waals surface area (Å²) in [4.78, 5) is 8.31. The van der Waals surface area contributed by atoms with Crippen LogP contribution in [0.25, 0.3) is 11.0 Å². The minimum atomic E-state index is 0.561. The van der Waals surface area contributed by atoms with Gasteiger partial charge < -0.3 is 4.98 Å². The number of nitrogens with one attached hydrogen (secondary N) is 1. The smallest absolute Gasteiger partial charge is 0.110 e. The minimum Gasteiger partial charge on any atom is -0.342 e. The zero-order chi connectivity index (χ0) is 13.7. The van der Waals surface area contributed by atoms with Crippen LogP contribution in [0.2, 0.25) is 0 Å². The van der Waals surface area contributed by atoms with Crippen molar-refractivity contribution < 1.29 is 0 Å². The van der Waals surface area contributed by atoms with Gasteiger partial charge in [-0.2, -0.15) is 0 Å². The highest BCUT2D eigenvalue weighted by atomic mass is 14.9. The number of hydrogen-bond acceptors (Lipinski definition) is 1. The molecule has 2 aromatic carbocycles. The number of aromatic nitrogens is 2. The summed E-state index contributed by atoms with van der Waals surface area (Å²) in [5.41, 5.74) is 6.34. The van der Waals surface area contributed by atoms with Gasteiger partial charge in [0.15, 0.2) is 0 Å². The van der Waals surface area contributed by atoms with E-state index in [1.807, 2.05) is 0 Å². The summed E-state index contributed by atoms with van der Waals surface area (Å²) >= 11 is 0. The zero-order valence-corrected chi connectivity index (χ0v) is 11.9. The molecule has 20 heavy (non-hydrogen) atoms. The van der Waals surface area contributed by atoms with Crippen LogP contribution in [0.1, 0.15) is 40.8 Å². The van der Waals surface area contributed by atoms with Crippen LogP contribution >= 0.6 is 0 Å². The maximum absolute atomic E-state index is 4.80. The van der Waals surface area contributed by atoms with Gasteiger partial charge in [-0.05, 0) is 55.0 Å². The molecule has 0 amide bonds. The van der Waals surface area contributed by atoms with Gasteiger partial charge in [0.25, 0.3) is 0 Å². The average Bonchev–Trinajstić information content (AvgIpc) is 3.16. The number of benzene rings is 2. The van der Waals surface area contributed by atoms with Crippen molar-refractivity contribution in [2.45, 2.75) is 32.1 Å². The maximum atomic E-state index is 4.80. The van der Waals surface area contributed by atoms with Gasteiger partial charge in [0.1, 0.15) is 5.82 Å². The van der Waals surface area contributed by atoms with E-state index in [9.17, 15) is 0 Å². The Kier molecular flexibility index (Phi) is 2.46. The van der Waals surface area contributed by atoms with E-state index in [4.69, 9.17) is 4.98 Å². The fraction of sp³-hybridized carbons (Fsp3) is 0.278. The number of hydrogen-bond donors (Lipinski definition) is 1. The van der Waals surface area contributed by atoms with Gasteiger partial charge in [0.2, 0.25) is 0 Å². The Balaban J connectivity index is 1.68. The van der Waals surface area contributed by atoms with E-state index in [0.717, 1.165) is 11.3 Å². The molecule has 2 atom stereocenters. The van der Waals surface area contributed by atoms with Crippen LogP contribution in [-0.2, 0) is 0 Å². The maximum Gasteiger partial charge on any atom is 0.110 e. The first-order valence-corrected chi connectivity index (χ1v) is 7.24. The van der Waals surface area contributed by atoms with E-state index >= 15 is 0 Å². The van der Waals surface area contributed by atoms with Crippen LogP contribution < -0.4 is 0 Å². The number of H-pyrrole nitrogens is 1. The molecule has 0 saturated heterocycles. The highest BCUT2D eigenvalue weighted by Crippen LogP contribution is 2.53. The molecule has 1 N–H and O–H groups in total. The average molecular weight is 262 g/mol. The number of aromatic amines is 1. The molecule has 1 aliphatic rings. The van der Waals surface area contributed by atoms with Crippen molar-refractivity contribution in [1.29, 1.82) is 0 Å². The van der Waals surface area contributed by atoms with Crippen molar-refractivity contribution in [3.8, 4) is 0 Å². The van der Waals surface area contributed by atoms with E-state index in [1.165, 1.54) is 28.6 Å². The summed E-state index contributed by atoms with van der Waals surface area (Å²) in [6.07, 6.45) is 1.21. The number of fused-ring (bicyclic) bond motifs is 1. The molecule has 4 rings (SSSR count). The number of nitrogens with zero attached hydrogens (tertiary/aromatic N) is 1. The first kappa shape index (κ1) is 11.7. The molecule has 100 valence electrons. The second-order valence-corrected chi connectivity index (χ2v) is 5.94. The molecule has 2 nitrogen and oxygen atoms in total. The SMILES string of the molecule is Cc1cc2nc(C3CC3c3ccccc3)[nH]c2cc1C. The van der Waals surface area contributed by atoms with Gasteiger partial charge in [-0.3, -0.25) is 0 Å². The number of rotatable bonds is 2. The van der Waals surface area contributed by atoms with Crippen LogP contribution in [0.5, 0.6) is 0 Å². The Morgan fingerprint density at radius 2 is 1.75 bits per heavy atom. The van der Waals surface area contributed by atoms with Crippen molar-refractivity contribution in [3.63, 3.8) is 0 Å². The van der Waals surface area contributed by atoms with Gasteiger partial charge in [-0.1, -0.05) is 30.3 Å². The molecular formula is C18H18N2. The van der Waals surface area contributed by atoms with Gasteiger partial charge in [-0.25, -0.2) is 4.98 Å². The van der Waals surface area contributed by atoms with Crippen molar-refractivity contribution in [3.05, 3.63) is 65.0 Å². The lowest BCUT2D eigenvalue weighted by molar-refractivity contribution is 0.938. The predicted molar refractivity (Wildman–Crippen MR) is 82.1 cm³/mol. The predicted octanol–water partition coefficient (Wildman–Crippen LogP) is 4.45. The molecule has 2 unspecified atom stereocenters. The molecule has 1 aliphatic carbocycles. The Hall–Kier alpha value is -2.09. The molecule has 0 spiro atoms. The van der Waals surface area contributed by atoms with E-state index in [2.05, 4.69) is 61.3 Å². The molecule has 1 heterocycles. The second kappa shape index (κ2) is 4.20.